The molecule has 5 rings (SSSR count). The van der Waals surface area contributed by atoms with Gasteiger partial charge in [-0.1, -0.05) is 53.8 Å². The largest absolute Gasteiger partial charge is 0.497 e. The molecule has 0 radical (unpaired) electrons. The summed E-state index contributed by atoms with van der Waals surface area (Å²) in [5.41, 5.74) is 3.05. The summed E-state index contributed by atoms with van der Waals surface area (Å²) in [4.78, 5) is 19.1. The number of methoxy groups -OCH3 is 1. The molecule has 1 atom stereocenters. The van der Waals surface area contributed by atoms with Crippen LogP contribution in [-0.4, -0.2) is 23.2 Å². The number of nitrogens with zero attached hydrogens (tertiary/aromatic N) is 2. The van der Waals surface area contributed by atoms with Crippen LogP contribution in [0, 0.1) is 0 Å². The zero-order valence-corrected chi connectivity index (χ0v) is 18.9. The number of hydrogen-bond donors (Lipinski definition) is 0. The van der Waals surface area contributed by atoms with Gasteiger partial charge in [0.05, 0.1) is 23.1 Å². The van der Waals surface area contributed by atoms with Crippen molar-refractivity contribution < 1.29 is 4.74 Å². The summed E-state index contributed by atoms with van der Waals surface area (Å²) in [7, 11) is 1.66. The topological polar surface area (TPSA) is 43.6 Å². The SMILES string of the molecule is COc1ccc(C2C=C(c3ccccc3)N=c3sc(=C4SCCCS4)c(=O)n32)cc1. The minimum atomic E-state index is -0.199. The Kier molecular flexibility index (Phi) is 5.58. The predicted octanol–water partition coefficient (Wildman–Crippen LogP) is 4.12. The number of ether oxygens (including phenoxy) is 1. The standard InChI is InChI=1S/C23H20N2O2S3/c1-27-17-10-8-16(9-11-17)19-14-18(15-6-3-2-4-7-15)24-23-25(19)21(26)20(30-23)22-28-12-5-13-29-22/h2-4,6-11,14,19H,5,12-13H2,1H3. The summed E-state index contributed by atoms with van der Waals surface area (Å²) in [6.07, 6.45) is 3.28. The van der Waals surface area contributed by atoms with E-state index in [4.69, 9.17) is 9.73 Å². The van der Waals surface area contributed by atoms with Crippen molar-refractivity contribution in [3.8, 4) is 5.75 Å². The Labute approximate surface area is 187 Å². The maximum absolute atomic E-state index is 13.5. The van der Waals surface area contributed by atoms with E-state index >= 15 is 0 Å². The highest BCUT2D eigenvalue weighted by atomic mass is 32.2. The van der Waals surface area contributed by atoms with Gasteiger partial charge in [-0.3, -0.25) is 9.36 Å². The van der Waals surface area contributed by atoms with Crippen LogP contribution in [0.3, 0.4) is 0 Å². The lowest BCUT2D eigenvalue weighted by atomic mass is 10.0. The van der Waals surface area contributed by atoms with Gasteiger partial charge in [-0.15, -0.1) is 23.5 Å². The van der Waals surface area contributed by atoms with Gasteiger partial charge in [-0.2, -0.15) is 0 Å². The summed E-state index contributed by atoms with van der Waals surface area (Å²) >= 11 is 5.10. The minimum absolute atomic E-state index is 0.0554. The van der Waals surface area contributed by atoms with Gasteiger partial charge in [0.25, 0.3) is 5.56 Å². The van der Waals surface area contributed by atoms with Gasteiger partial charge in [0.15, 0.2) is 4.80 Å². The van der Waals surface area contributed by atoms with Crippen molar-refractivity contribution in [3.05, 3.63) is 91.5 Å². The molecule has 1 fully saturated rings. The second kappa shape index (κ2) is 8.49. The highest BCUT2D eigenvalue weighted by molar-refractivity contribution is 8.30. The first-order chi connectivity index (χ1) is 14.7. The lowest BCUT2D eigenvalue weighted by Crippen LogP contribution is -2.36. The molecule has 1 unspecified atom stereocenters. The first kappa shape index (κ1) is 19.7. The molecule has 0 amide bonds. The first-order valence-electron chi connectivity index (χ1n) is 9.76. The van der Waals surface area contributed by atoms with E-state index in [0.717, 1.165) is 47.7 Å². The van der Waals surface area contributed by atoms with Crippen molar-refractivity contribution in [1.82, 2.24) is 4.57 Å². The number of hydrogen-bond acceptors (Lipinski definition) is 6. The van der Waals surface area contributed by atoms with Crippen LogP contribution in [0.4, 0.5) is 0 Å². The van der Waals surface area contributed by atoms with Crippen LogP contribution in [0.2, 0.25) is 0 Å². The van der Waals surface area contributed by atoms with Crippen LogP contribution in [0.5, 0.6) is 5.75 Å². The van der Waals surface area contributed by atoms with Crippen LogP contribution in [0.1, 0.15) is 23.6 Å². The van der Waals surface area contributed by atoms with Gasteiger partial charge < -0.3 is 4.74 Å². The number of thioether (sulfide) groups is 2. The number of rotatable bonds is 3. The molecule has 152 valence electrons. The molecule has 0 aliphatic carbocycles. The monoisotopic (exact) mass is 452 g/mol. The van der Waals surface area contributed by atoms with Crippen LogP contribution in [-0.2, 0) is 0 Å². The zero-order valence-electron chi connectivity index (χ0n) is 16.4. The third-order valence-electron chi connectivity index (χ3n) is 5.09. The molecule has 3 heterocycles. The quantitative estimate of drug-likeness (QED) is 0.600. The van der Waals surface area contributed by atoms with E-state index in [-0.39, 0.29) is 11.6 Å². The Bertz CT molecular complexity index is 1270. The van der Waals surface area contributed by atoms with Gasteiger partial charge in [0.2, 0.25) is 0 Å². The van der Waals surface area contributed by atoms with Crippen LogP contribution in [0.15, 0.2) is 70.5 Å². The molecule has 2 aromatic carbocycles. The highest BCUT2D eigenvalue weighted by Gasteiger charge is 2.24. The lowest BCUT2D eigenvalue weighted by molar-refractivity contribution is 0.414. The Balaban J connectivity index is 1.72. The summed E-state index contributed by atoms with van der Waals surface area (Å²) < 4.78 is 9.12. The predicted molar refractivity (Wildman–Crippen MR) is 128 cm³/mol. The number of aromatic nitrogens is 1. The van der Waals surface area contributed by atoms with E-state index in [1.165, 1.54) is 17.8 Å². The molecule has 0 N–H and O–H groups in total. The first-order valence-corrected chi connectivity index (χ1v) is 12.5. The van der Waals surface area contributed by atoms with Gasteiger partial charge in [0.1, 0.15) is 10.3 Å². The van der Waals surface area contributed by atoms with E-state index in [2.05, 4.69) is 18.2 Å². The second-order valence-corrected chi connectivity index (χ2v) is 10.4. The highest BCUT2D eigenvalue weighted by Crippen LogP contribution is 2.35. The molecule has 4 nitrogen and oxygen atoms in total. The van der Waals surface area contributed by atoms with Gasteiger partial charge in [-0.25, -0.2) is 4.99 Å². The molecule has 3 aromatic rings. The Hall–Kier alpha value is -2.22. The average Bonchev–Trinajstić information content (AvgIpc) is 3.16. The van der Waals surface area contributed by atoms with Crippen molar-refractivity contribution >= 4 is 44.8 Å². The molecule has 1 saturated heterocycles. The number of allylic oxidation sites excluding steroid dienone is 1. The van der Waals surface area contributed by atoms with E-state index in [1.807, 2.05) is 47.0 Å². The molecule has 0 saturated carbocycles. The summed E-state index contributed by atoms with van der Waals surface area (Å²) in [5, 5.41) is 0. The molecule has 30 heavy (non-hydrogen) atoms. The maximum atomic E-state index is 13.5. The molecule has 2 aliphatic heterocycles. The minimum Gasteiger partial charge on any atom is -0.497 e. The molecule has 2 aliphatic rings. The fourth-order valence-corrected chi connectivity index (χ4v) is 7.47. The molecular weight excluding hydrogens is 432 g/mol. The van der Waals surface area contributed by atoms with E-state index in [1.54, 1.807) is 30.6 Å². The molecule has 0 bridgehead atoms. The van der Waals surface area contributed by atoms with Crippen LogP contribution < -0.4 is 19.6 Å². The van der Waals surface area contributed by atoms with Crippen molar-refractivity contribution in [2.75, 3.05) is 18.6 Å². The van der Waals surface area contributed by atoms with Crippen LogP contribution in [0.25, 0.3) is 9.93 Å². The Morgan fingerprint density at radius 3 is 2.47 bits per heavy atom. The normalized spacial score (nSPS) is 18.4. The zero-order chi connectivity index (χ0) is 20.5. The summed E-state index contributed by atoms with van der Waals surface area (Å²) in [6.45, 7) is 0. The van der Waals surface area contributed by atoms with Gasteiger partial charge in [-0.05, 0) is 47.3 Å². The fourth-order valence-electron chi connectivity index (χ4n) is 3.57. The van der Waals surface area contributed by atoms with Crippen molar-refractivity contribution in [2.24, 2.45) is 4.99 Å². The van der Waals surface area contributed by atoms with E-state index < -0.39 is 0 Å². The summed E-state index contributed by atoms with van der Waals surface area (Å²) in [6, 6.07) is 17.9. The second-order valence-electron chi connectivity index (χ2n) is 6.97. The van der Waals surface area contributed by atoms with Crippen LogP contribution >= 0.6 is 34.9 Å². The Morgan fingerprint density at radius 2 is 1.77 bits per heavy atom. The number of benzene rings is 2. The Morgan fingerprint density at radius 1 is 1.03 bits per heavy atom. The molecular formula is C23H20N2O2S3. The smallest absolute Gasteiger partial charge is 0.272 e. The average molecular weight is 453 g/mol. The number of thiazole rings is 1. The molecule has 7 heteroatoms. The third-order valence-corrected chi connectivity index (χ3v) is 9.03. The fraction of sp³-hybridized carbons (Fsp3) is 0.217. The van der Waals surface area contributed by atoms with Crippen molar-refractivity contribution in [2.45, 2.75) is 12.5 Å². The van der Waals surface area contributed by atoms with E-state index in [9.17, 15) is 4.79 Å². The van der Waals surface area contributed by atoms with Gasteiger partial charge in [0, 0.05) is 0 Å². The van der Waals surface area contributed by atoms with Crippen molar-refractivity contribution in [1.29, 1.82) is 0 Å². The van der Waals surface area contributed by atoms with E-state index in [0.29, 0.717) is 0 Å². The maximum Gasteiger partial charge on any atom is 0.272 e. The molecule has 0 spiro atoms. The number of fused-ring (bicyclic) bond motifs is 1. The summed E-state index contributed by atoms with van der Waals surface area (Å²) in [5.74, 6) is 2.94. The third kappa shape index (κ3) is 3.66. The lowest BCUT2D eigenvalue weighted by Gasteiger charge is -2.20. The van der Waals surface area contributed by atoms with Crippen molar-refractivity contribution in [3.63, 3.8) is 0 Å². The van der Waals surface area contributed by atoms with Gasteiger partial charge >= 0.3 is 0 Å². The molecule has 1 aromatic heterocycles.